The second-order valence-electron chi connectivity index (χ2n) is 7.14. The Kier molecular flexibility index (Phi) is 7.45. The number of ether oxygens (including phenoxy) is 1. The Morgan fingerprint density at radius 3 is 2.24 bits per heavy atom. The number of hydrogen-bond donors (Lipinski definition) is 1. The molecule has 11 heteroatoms. The number of nitrogens with zero attached hydrogens (tertiary/aromatic N) is 1. The highest BCUT2D eigenvalue weighted by molar-refractivity contribution is 7.92. The molecule has 6 nitrogen and oxygen atoms in total. The Labute approximate surface area is 193 Å². The average molecular weight is 496 g/mol. The summed E-state index contributed by atoms with van der Waals surface area (Å²) in [7, 11) is -2.83. The summed E-state index contributed by atoms with van der Waals surface area (Å²) in [5.41, 5.74) is -0.643. The lowest BCUT2D eigenvalue weighted by Gasteiger charge is -2.24. The smallest absolute Gasteiger partial charge is 0.416 e. The number of carbonyl (C=O) groups excluding carboxylic acids is 1. The van der Waals surface area contributed by atoms with Gasteiger partial charge in [0.15, 0.2) is 0 Å². The molecule has 0 radical (unpaired) electrons. The number of amides is 1. The monoisotopic (exact) mass is 496 g/mol. The highest BCUT2D eigenvalue weighted by Crippen LogP contribution is 2.29. The molecule has 3 aromatic carbocycles. The van der Waals surface area contributed by atoms with Crippen LogP contribution in [0.2, 0.25) is 0 Å². The number of benzene rings is 3. The fraction of sp³-hybridized carbons (Fsp3) is 0.174. The van der Waals surface area contributed by atoms with Crippen molar-refractivity contribution in [2.24, 2.45) is 0 Å². The van der Waals surface area contributed by atoms with E-state index in [0.29, 0.717) is 5.75 Å². The second kappa shape index (κ2) is 10.1. The Morgan fingerprint density at radius 2 is 1.65 bits per heavy atom. The second-order valence-corrected chi connectivity index (χ2v) is 9.00. The molecule has 180 valence electrons. The van der Waals surface area contributed by atoms with Crippen LogP contribution in [0.15, 0.2) is 77.7 Å². The van der Waals surface area contributed by atoms with Gasteiger partial charge in [0, 0.05) is 6.54 Å². The molecule has 1 amide bonds. The molecule has 0 heterocycles. The number of rotatable bonds is 8. The quantitative estimate of drug-likeness (QED) is 0.470. The summed E-state index contributed by atoms with van der Waals surface area (Å²) in [6.45, 7) is -0.929. The van der Waals surface area contributed by atoms with Gasteiger partial charge < -0.3 is 10.1 Å². The zero-order valence-corrected chi connectivity index (χ0v) is 18.7. The molecule has 1 N–H and O–H groups in total. The van der Waals surface area contributed by atoms with E-state index < -0.39 is 40.0 Å². The third-order valence-corrected chi connectivity index (χ3v) is 6.58. The number of hydrogen-bond acceptors (Lipinski definition) is 4. The van der Waals surface area contributed by atoms with E-state index in [1.54, 1.807) is 0 Å². The maximum Gasteiger partial charge on any atom is 0.416 e. The van der Waals surface area contributed by atoms with E-state index in [2.05, 4.69) is 5.32 Å². The molecule has 0 aliphatic heterocycles. The first-order valence-corrected chi connectivity index (χ1v) is 11.3. The van der Waals surface area contributed by atoms with Crippen LogP contribution >= 0.6 is 0 Å². The van der Waals surface area contributed by atoms with E-state index in [4.69, 9.17) is 4.74 Å². The molecule has 3 aromatic rings. The van der Waals surface area contributed by atoms with Crippen LogP contribution in [0.3, 0.4) is 0 Å². The number of halogens is 4. The predicted octanol–water partition coefficient (Wildman–Crippen LogP) is 4.36. The van der Waals surface area contributed by atoms with Crippen LogP contribution in [0.4, 0.5) is 23.2 Å². The normalized spacial score (nSPS) is 11.7. The summed E-state index contributed by atoms with van der Waals surface area (Å²) in [5.74, 6) is -0.940. The van der Waals surface area contributed by atoms with E-state index >= 15 is 0 Å². The van der Waals surface area contributed by atoms with Gasteiger partial charge in [-0.3, -0.25) is 9.10 Å². The Bertz CT molecular complexity index is 1250. The number of carbonyl (C=O) groups is 1. The van der Waals surface area contributed by atoms with Gasteiger partial charge in [0.1, 0.15) is 18.1 Å². The molecule has 3 rings (SSSR count). The van der Waals surface area contributed by atoms with Crippen molar-refractivity contribution in [1.29, 1.82) is 0 Å². The fourth-order valence-electron chi connectivity index (χ4n) is 3.04. The van der Waals surface area contributed by atoms with Gasteiger partial charge in [0.05, 0.1) is 23.3 Å². The molecule has 0 atom stereocenters. The van der Waals surface area contributed by atoms with Crippen LogP contribution in [0, 0.1) is 5.82 Å². The fourth-order valence-corrected chi connectivity index (χ4v) is 4.46. The number of anilines is 1. The number of sulfonamides is 1. The molecular weight excluding hydrogens is 476 g/mol. The van der Waals surface area contributed by atoms with Gasteiger partial charge >= 0.3 is 6.18 Å². The van der Waals surface area contributed by atoms with Crippen LogP contribution in [-0.2, 0) is 27.5 Å². The van der Waals surface area contributed by atoms with Gasteiger partial charge in [-0.05, 0) is 66.2 Å². The molecule has 34 heavy (non-hydrogen) atoms. The van der Waals surface area contributed by atoms with E-state index in [9.17, 15) is 30.8 Å². The standard InChI is InChI=1S/C23H20F4N2O4S/c1-33-20-9-11-21(12-10-20)34(31,32)29(19-7-5-18(24)6-8-19)15-22(30)28-14-16-3-2-4-17(13-16)23(25,26)27/h2-13H,14-15H2,1H3,(H,28,30). The molecule has 0 unspecified atom stereocenters. The first-order chi connectivity index (χ1) is 16.0. The largest absolute Gasteiger partial charge is 0.497 e. The molecule has 0 bridgehead atoms. The molecular formula is C23H20F4N2O4S. The highest BCUT2D eigenvalue weighted by Gasteiger charge is 2.30. The number of alkyl halides is 3. The molecule has 0 saturated carbocycles. The number of methoxy groups -OCH3 is 1. The summed E-state index contributed by atoms with van der Waals surface area (Å²) in [4.78, 5) is 12.5. The predicted molar refractivity (Wildman–Crippen MR) is 117 cm³/mol. The van der Waals surface area contributed by atoms with Crippen LogP contribution in [0.5, 0.6) is 5.75 Å². The lowest BCUT2D eigenvalue weighted by Crippen LogP contribution is -2.40. The molecule has 0 aliphatic carbocycles. The van der Waals surface area contributed by atoms with Crippen LogP contribution < -0.4 is 14.4 Å². The van der Waals surface area contributed by atoms with E-state index in [0.717, 1.165) is 28.6 Å². The Morgan fingerprint density at radius 1 is 1.00 bits per heavy atom. The van der Waals surface area contributed by atoms with Crippen molar-refractivity contribution in [3.05, 3.63) is 89.7 Å². The van der Waals surface area contributed by atoms with Crippen molar-refractivity contribution < 1.29 is 35.5 Å². The lowest BCUT2D eigenvalue weighted by atomic mass is 10.1. The van der Waals surface area contributed by atoms with E-state index in [1.165, 1.54) is 55.6 Å². The number of nitrogens with one attached hydrogen (secondary N) is 1. The van der Waals surface area contributed by atoms with Crippen molar-refractivity contribution in [2.45, 2.75) is 17.6 Å². The SMILES string of the molecule is COc1ccc(S(=O)(=O)N(CC(=O)NCc2cccc(C(F)(F)F)c2)c2ccc(F)cc2)cc1. The maximum atomic E-state index is 13.4. The lowest BCUT2D eigenvalue weighted by molar-refractivity contribution is -0.137. The van der Waals surface area contributed by atoms with Gasteiger partial charge in [-0.25, -0.2) is 12.8 Å². The van der Waals surface area contributed by atoms with Crippen LogP contribution in [0.1, 0.15) is 11.1 Å². The molecule has 0 fully saturated rings. The molecule has 0 aromatic heterocycles. The van der Waals surface area contributed by atoms with Gasteiger partial charge in [-0.2, -0.15) is 13.2 Å². The van der Waals surface area contributed by atoms with Crippen molar-refractivity contribution >= 4 is 21.6 Å². The first-order valence-electron chi connectivity index (χ1n) is 9.86. The Balaban J connectivity index is 1.83. The minimum absolute atomic E-state index is 0.0337. The summed E-state index contributed by atoms with van der Waals surface area (Å²) in [6, 6.07) is 14.4. The highest BCUT2D eigenvalue weighted by atomic mass is 32.2. The summed E-state index contributed by atoms with van der Waals surface area (Å²) in [5, 5.41) is 2.42. The topological polar surface area (TPSA) is 75.7 Å². The van der Waals surface area contributed by atoms with Crippen LogP contribution in [0.25, 0.3) is 0 Å². The molecule has 0 aliphatic rings. The Hall–Kier alpha value is -3.60. The van der Waals surface area contributed by atoms with E-state index in [-0.39, 0.29) is 22.7 Å². The minimum Gasteiger partial charge on any atom is -0.497 e. The molecule has 0 spiro atoms. The summed E-state index contributed by atoms with van der Waals surface area (Å²) >= 11 is 0. The van der Waals surface area contributed by atoms with Crippen molar-refractivity contribution in [2.75, 3.05) is 18.0 Å². The molecule has 0 saturated heterocycles. The summed E-state index contributed by atoms with van der Waals surface area (Å²) in [6.07, 6.45) is -4.54. The van der Waals surface area contributed by atoms with Gasteiger partial charge in [-0.15, -0.1) is 0 Å². The first kappa shape index (κ1) is 25.0. The third kappa shape index (κ3) is 6.04. The van der Waals surface area contributed by atoms with E-state index in [1.807, 2.05) is 0 Å². The average Bonchev–Trinajstić information content (AvgIpc) is 2.81. The maximum absolute atomic E-state index is 13.4. The van der Waals surface area contributed by atoms with Gasteiger partial charge in [0.2, 0.25) is 5.91 Å². The van der Waals surface area contributed by atoms with Gasteiger partial charge in [-0.1, -0.05) is 12.1 Å². The van der Waals surface area contributed by atoms with Crippen molar-refractivity contribution in [3.8, 4) is 5.75 Å². The third-order valence-electron chi connectivity index (χ3n) is 4.79. The van der Waals surface area contributed by atoms with Crippen LogP contribution in [-0.4, -0.2) is 28.0 Å². The van der Waals surface area contributed by atoms with Crippen molar-refractivity contribution in [3.63, 3.8) is 0 Å². The summed E-state index contributed by atoms with van der Waals surface area (Å²) < 4.78 is 84.4. The van der Waals surface area contributed by atoms with Gasteiger partial charge in [0.25, 0.3) is 10.0 Å². The zero-order valence-electron chi connectivity index (χ0n) is 17.8. The van der Waals surface area contributed by atoms with Crippen molar-refractivity contribution in [1.82, 2.24) is 5.32 Å². The zero-order chi connectivity index (χ0) is 24.9. The minimum atomic E-state index is -4.54.